The lowest BCUT2D eigenvalue weighted by atomic mass is 10.1. The zero-order valence-electron chi connectivity index (χ0n) is 20.3. The number of hydrogen-bond donors (Lipinski definition) is 1. The Labute approximate surface area is 213 Å². The number of nitrogens with zero attached hydrogens (tertiary/aromatic N) is 3. The number of benzene rings is 3. The summed E-state index contributed by atoms with van der Waals surface area (Å²) in [6.07, 6.45) is 0. The smallest absolute Gasteiger partial charge is 0.267 e. The zero-order chi connectivity index (χ0) is 26.3. The van der Waals surface area contributed by atoms with Crippen molar-refractivity contribution < 1.29 is 22.7 Å². The molecule has 2 heterocycles. The average molecular weight is 521 g/mol. The van der Waals surface area contributed by atoms with Crippen LogP contribution in [0, 0.1) is 6.92 Å². The molecule has 3 aromatic carbocycles. The summed E-state index contributed by atoms with van der Waals surface area (Å²) in [5, 5.41) is 5.39. The lowest BCUT2D eigenvalue weighted by molar-refractivity contribution is -0.121. The number of aryl methyl sites for hydroxylation is 1. The molecule has 0 radical (unpaired) electrons. The molecule has 1 unspecified atom stereocenters. The summed E-state index contributed by atoms with van der Waals surface area (Å²) in [5.74, 6) is -0.0866. The number of nitrogens with one attached hydrogen (secondary N) is 1. The van der Waals surface area contributed by atoms with Crippen molar-refractivity contribution in [3.05, 3.63) is 88.3 Å². The average Bonchev–Trinajstić information content (AvgIpc) is 3.33. The highest BCUT2D eigenvalue weighted by molar-refractivity contribution is 7.90. The maximum absolute atomic E-state index is 13.6. The van der Waals surface area contributed by atoms with Gasteiger partial charge < -0.3 is 14.4 Å². The molecule has 0 saturated heterocycles. The standard InChI is InChI=1S/C26H24N4O6S/c1-16-10-13-24(31)30(27-16)25(17-11-12-21-22(14-17)36-15-35-21)26(32)28-37(33,34)23-9-5-6-18-19(23)7-4-8-20(18)29(2)3/h4-14,25H,15H2,1-3H3,(H,28,32). The number of sulfonamides is 1. The van der Waals surface area contributed by atoms with E-state index in [2.05, 4.69) is 9.82 Å². The van der Waals surface area contributed by atoms with Crippen molar-refractivity contribution in [1.29, 1.82) is 0 Å². The van der Waals surface area contributed by atoms with Crippen LogP contribution in [0.15, 0.2) is 76.4 Å². The molecule has 1 N–H and O–H groups in total. The van der Waals surface area contributed by atoms with E-state index in [1.807, 2.05) is 31.1 Å². The van der Waals surface area contributed by atoms with E-state index < -0.39 is 27.5 Å². The largest absolute Gasteiger partial charge is 0.454 e. The molecule has 0 saturated carbocycles. The van der Waals surface area contributed by atoms with Crippen LogP contribution in [0.5, 0.6) is 11.5 Å². The topological polar surface area (TPSA) is 120 Å². The maximum Gasteiger partial charge on any atom is 0.267 e. The SMILES string of the molecule is Cc1ccc(=O)n(C(C(=O)NS(=O)(=O)c2cccc3c(N(C)C)cccc23)c2ccc3c(c2)OCO3)n1. The van der Waals surface area contributed by atoms with E-state index in [1.165, 1.54) is 24.3 Å². The van der Waals surface area contributed by atoms with Crippen molar-refractivity contribution in [1.82, 2.24) is 14.5 Å². The van der Waals surface area contributed by atoms with Crippen LogP contribution in [0.3, 0.4) is 0 Å². The molecule has 0 spiro atoms. The van der Waals surface area contributed by atoms with Crippen LogP contribution >= 0.6 is 0 Å². The predicted molar refractivity (Wildman–Crippen MR) is 138 cm³/mol. The van der Waals surface area contributed by atoms with Crippen LogP contribution < -0.4 is 24.7 Å². The number of carbonyl (C=O) groups excluding carboxylic acids is 1. The summed E-state index contributed by atoms with van der Waals surface area (Å²) in [6, 6.07) is 16.3. The third-order valence-corrected chi connectivity index (χ3v) is 7.43. The lowest BCUT2D eigenvalue weighted by Crippen LogP contribution is -2.41. The van der Waals surface area contributed by atoms with Gasteiger partial charge in [0.1, 0.15) is 0 Å². The minimum Gasteiger partial charge on any atom is -0.454 e. The normalized spacial score (nSPS) is 13.4. The van der Waals surface area contributed by atoms with Crippen LogP contribution in [0.1, 0.15) is 17.3 Å². The van der Waals surface area contributed by atoms with Gasteiger partial charge in [-0.05, 0) is 42.8 Å². The minimum absolute atomic E-state index is 0.0166. The number of amides is 1. The molecule has 1 atom stereocenters. The van der Waals surface area contributed by atoms with Gasteiger partial charge in [0.25, 0.3) is 21.5 Å². The van der Waals surface area contributed by atoms with Crippen LogP contribution in [0.4, 0.5) is 5.69 Å². The van der Waals surface area contributed by atoms with Gasteiger partial charge in [-0.15, -0.1) is 0 Å². The van der Waals surface area contributed by atoms with E-state index >= 15 is 0 Å². The van der Waals surface area contributed by atoms with Crippen molar-refractivity contribution in [3.8, 4) is 11.5 Å². The molecular weight excluding hydrogens is 496 g/mol. The van der Waals surface area contributed by atoms with E-state index in [4.69, 9.17) is 9.47 Å². The molecule has 0 aliphatic carbocycles. The van der Waals surface area contributed by atoms with Crippen molar-refractivity contribution >= 4 is 32.4 Å². The summed E-state index contributed by atoms with van der Waals surface area (Å²) in [6.45, 7) is 1.68. The van der Waals surface area contributed by atoms with E-state index in [9.17, 15) is 18.0 Å². The lowest BCUT2D eigenvalue weighted by Gasteiger charge is -2.20. The van der Waals surface area contributed by atoms with Crippen molar-refractivity contribution in [2.45, 2.75) is 17.9 Å². The Hall–Kier alpha value is -4.38. The second kappa shape index (κ2) is 9.25. The number of rotatable bonds is 6. The molecule has 5 rings (SSSR count). The van der Waals surface area contributed by atoms with Gasteiger partial charge in [-0.1, -0.05) is 30.3 Å². The van der Waals surface area contributed by atoms with Gasteiger partial charge in [-0.2, -0.15) is 5.10 Å². The first-order valence-electron chi connectivity index (χ1n) is 11.4. The quantitative estimate of drug-likeness (QED) is 0.412. The van der Waals surface area contributed by atoms with Gasteiger partial charge in [0.2, 0.25) is 6.79 Å². The summed E-state index contributed by atoms with van der Waals surface area (Å²) in [4.78, 5) is 28.2. The van der Waals surface area contributed by atoms with Crippen molar-refractivity contribution in [2.24, 2.45) is 0 Å². The van der Waals surface area contributed by atoms with Gasteiger partial charge in [-0.3, -0.25) is 9.59 Å². The highest BCUT2D eigenvalue weighted by Crippen LogP contribution is 2.35. The Balaban J connectivity index is 1.60. The van der Waals surface area contributed by atoms with Crippen molar-refractivity contribution in [2.75, 3.05) is 25.8 Å². The van der Waals surface area contributed by atoms with Gasteiger partial charge in [0, 0.05) is 36.6 Å². The van der Waals surface area contributed by atoms with E-state index in [1.54, 1.807) is 37.3 Å². The van der Waals surface area contributed by atoms with Gasteiger partial charge in [0.05, 0.1) is 10.6 Å². The number of hydrogen-bond acceptors (Lipinski definition) is 8. The zero-order valence-corrected chi connectivity index (χ0v) is 21.2. The molecule has 1 amide bonds. The molecule has 1 aromatic heterocycles. The summed E-state index contributed by atoms with van der Waals surface area (Å²) in [5.41, 5.74) is 1.05. The number of carbonyl (C=O) groups is 1. The molecule has 1 aliphatic heterocycles. The molecule has 4 aromatic rings. The van der Waals surface area contributed by atoms with Crippen LogP contribution in [-0.4, -0.2) is 45.0 Å². The molecule has 0 fully saturated rings. The molecule has 11 heteroatoms. The first-order chi connectivity index (χ1) is 17.7. The summed E-state index contributed by atoms with van der Waals surface area (Å²) < 4.78 is 41.0. The molecule has 190 valence electrons. The first-order valence-corrected chi connectivity index (χ1v) is 12.9. The molecule has 1 aliphatic rings. The van der Waals surface area contributed by atoms with Crippen LogP contribution in [0.2, 0.25) is 0 Å². The Morgan fingerprint density at radius 3 is 2.51 bits per heavy atom. The fraction of sp³-hybridized carbons (Fsp3) is 0.192. The van der Waals surface area contributed by atoms with E-state index in [0.29, 0.717) is 33.5 Å². The summed E-state index contributed by atoms with van der Waals surface area (Å²) >= 11 is 0. The Morgan fingerprint density at radius 2 is 1.73 bits per heavy atom. The fourth-order valence-corrected chi connectivity index (χ4v) is 5.54. The van der Waals surface area contributed by atoms with Gasteiger partial charge in [-0.25, -0.2) is 17.8 Å². The monoisotopic (exact) mass is 520 g/mol. The third kappa shape index (κ3) is 4.49. The number of anilines is 1. The molecule has 37 heavy (non-hydrogen) atoms. The van der Waals surface area contributed by atoms with E-state index in [0.717, 1.165) is 10.4 Å². The highest BCUT2D eigenvalue weighted by Gasteiger charge is 2.31. The second-order valence-electron chi connectivity index (χ2n) is 8.77. The van der Waals surface area contributed by atoms with Gasteiger partial charge >= 0.3 is 0 Å². The fourth-order valence-electron chi connectivity index (χ4n) is 4.32. The number of ether oxygens (including phenoxy) is 2. The van der Waals surface area contributed by atoms with Gasteiger partial charge in [0.15, 0.2) is 17.5 Å². The third-order valence-electron chi connectivity index (χ3n) is 6.03. The first kappa shape index (κ1) is 24.3. The minimum atomic E-state index is -4.34. The maximum atomic E-state index is 13.6. The molecule has 10 nitrogen and oxygen atoms in total. The Bertz CT molecular complexity index is 1700. The summed E-state index contributed by atoms with van der Waals surface area (Å²) in [7, 11) is -0.618. The predicted octanol–water partition coefficient (Wildman–Crippen LogP) is 2.59. The molecular formula is C26H24N4O6S. The Morgan fingerprint density at radius 1 is 1.00 bits per heavy atom. The number of aromatic nitrogens is 2. The van der Waals surface area contributed by atoms with Crippen LogP contribution in [0.25, 0.3) is 10.8 Å². The second-order valence-corrected chi connectivity index (χ2v) is 10.4. The Kier molecular flexibility index (Phi) is 6.08. The van der Waals surface area contributed by atoms with Crippen LogP contribution in [-0.2, 0) is 14.8 Å². The van der Waals surface area contributed by atoms with Crippen molar-refractivity contribution in [3.63, 3.8) is 0 Å². The van der Waals surface area contributed by atoms with E-state index in [-0.39, 0.29) is 11.7 Å². The molecule has 0 bridgehead atoms. The number of fused-ring (bicyclic) bond motifs is 2. The highest BCUT2D eigenvalue weighted by atomic mass is 32.2.